The molecule has 0 bridgehead atoms. The first-order valence-electron chi connectivity index (χ1n) is 7.33. The maximum Gasteiger partial charge on any atom is 0.124 e. The summed E-state index contributed by atoms with van der Waals surface area (Å²) < 4.78 is 25.0. The zero-order valence-electron chi connectivity index (χ0n) is 12.6. The van der Waals surface area contributed by atoms with E-state index in [9.17, 15) is 4.39 Å². The van der Waals surface area contributed by atoms with Gasteiger partial charge in [-0.1, -0.05) is 17.9 Å². The standard InChI is InChI=1S/C17H22FNO2/c1-12-8-17(9-13(2)21-12)20-11-15-5-6-16(18)10-14(15)4-3-7-19/h5-6,10,12-13,17H,7-9,11,19H2,1-2H3. The summed E-state index contributed by atoms with van der Waals surface area (Å²) in [4.78, 5) is 0. The molecule has 114 valence electrons. The third-order valence-corrected chi connectivity index (χ3v) is 3.53. The molecular formula is C17H22FNO2. The van der Waals surface area contributed by atoms with Crippen LogP contribution < -0.4 is 5.73 Å². The van der Waals surface area contributed by atoms with Gasteiger partial charge in [-0.3, -0.25) is 0 Å². The van der Waals surface area contributed by atoms with Crippen LogP contribution in [0.25, 0.3) is 0 Å². The van der Waals surface area contributed by atoms with E-state index in [1.807, 2.05) is 0 Å². The quantitative estimate of drug-likeness (QED) is 0.871. The van der Waals surface area contributed by atoms with Crippen molar-refractivity contribution in [3.63, 3.8) is 0 Å². The second-order valence-electron chi connectivity index (χ2n) is 5.47. The minimum atomic E-state index is -0.298. The molecule has 2 unspecified atom stereocenters. The largest absolute Gasteiger partial charge is 0.375 e. The van der Waals surface area contributed by atoms with Crippen LogP contribution in [0.1, 0.15) is 37.8 Å². The summed E-state index contributed by atoms with van der Waals surface area (Å²) in [6.07, 6.45) is 2.36. The van der Waals surface area contributed by atoms with Crippen molar-refractivity contribution in [3.8, 4) is 11.8 Å². The van der Waals surface area contributed by atoms with Gasteiger partial charge in [0.15, 0.2) is 0 Å². The summed E-state index contributed by atoms with van der Waals surface area (Å²) in [6, 6.07) is 4.58. The third-order valence-electron chi connectivity index (χ3n) is 3.53. The highest BCUT2D eigenvalue weighted by atomic mass is 19.1. The van der Waals surface area contributed by atoms with Crippen molar-refractivity contribution in [2.24, 2.45) is 5.73 Å². The highest BCUT2D eigenvalue weighted by molar-refractivity contribution is 5.41. The molecule has 0 saturated carbocycles. The SMILES string of the molecule is CC1CC(OCc2ccc(F)cc2C#CCN)CC(C)O1. The molecule has 21 heavy (non-hydrogen) atoms. The fraction of sp³-hybridized carbons (Fsp3) is 0.529. The molecule has 2 N–H and O–H groups in total. The smallest absolute Gasteiger partial charge is 0.124 e. The van der Waals surface area contributed by atoms with Gasteiger partial charge in [0.05, 0.1) is 31.5 Å². The van der Waals surface area contributed by atoms with E-state index >= 15 is 0 Å². The van der Waals surface area contributed by atoms with Gasteiger partial charge in [0, 0.05) is 5.56 Å². The molecule has 2 atom stereocenters. The van der Waals surface area contributed by atoms with E-state index in [0.717, 1.165) is 18.4 Å². The van der Waals surface area contributed by atoms with Crippen LogP contribution in [0.2, 0.25) is 0 Å². The molecule has 1 saturated heterocycles. The van der Waals surface area contributed by atoms with Gasteiger partial charge in [0.25, 0.3) is 0 Å². The summed E-state index contributed by atoms with van der Waals surface area (Å²) >= 11 is 0. The molecule has 1 fully saturated rings. The molecule has 1 heterocycles. The van der Waals surface area contributed by atoms with Crippen LogP contribution in [-0.4, -0.2) is 24.9 Å². The van der Waals surface area contributed by atoms with E-state index in [1.54, 1.807) is 6.07 Å². The van der Waals surface area contributed by atoms with Crippen LogP contribution in [0.4, 0.5) is 4.39 Å². The fourth-order valence-electron chi connectivity index (χ4n) is 2.63. The zero-order chi connectivity index (χ0) is 15.2. The first-order valence-corrected chi connectivity index (χ1v) is 7.33. The van der Waals surface area contributed by atoms with Gasteiger partial charge in [0.2, 0.25) is 0 Å². The van der Waals surface area contributed by atoms with Crippen LogP contribution >= 0.6 is 0 Å². The lowest BCUT2D eigenvalue weighted by molar-refractivity contribution is -0.106. The van der Waals surface area contributed by atoms with Crippen LogP contribution in [0.15, 0.2) is 18.2 Å². The van der Waals surface area contributed by atoms with Gasteiger partial charge < -0.3 is 15.2 Å². The average molecular weight is 291 g/mol. The van der Waals surface area contributed by atoms with Gasteiger partial charge in [-0.2, -0.15) is 0 Å². The monoisotopic (exact) mass is 291 g/mol. The summed E-state index contributed by atoms with van der Waals surface area (Å²) in [5.74, 6) is 5.36. The predicted molar refractivity (Wildman–Crippen MR) is 80.2 cm³/mol. The summed E-state index contributed by atoms with van der Waals surface area (Å²) in [7, 11) is 0. The number of ether oxygens (including phenoxy) is 2. The highest BCUT2D eigenvalue weighted by Gasteiger charge is 2.25. The van der Waals surface area contributed by atoms with Gasteiger partial charge in [-0.15, -0.1) is 0 Å². The van der Waals surface area contributed by atoms with Crippen molar-refractivity contribution in [2.45, 2.75) is 51.6 Å². The molecule has 1 aliphatic heterocycles. The molecule has 3 nitrogen and oxygen atoms in total. The molecule has 0 aliphatic carbocycles. The average Bonchev–Trinajstić information content (AvgIpc) is 2.43. The molecule has 0 aromatic heterocycles. The number of hydrogen-bond acceptors (Lipinski definition) is 3. The fourth-order valence-corrected chi connectivity index (χ4v) is 2.63. The molecular weight excluding hydrogens is 269 g/mol. The number of nitrogens with two attached hydrogens (primary N) is 1. The van der Waals surface area contributed by atoms with E-state index in [1.165, 1.54) is 12.1 Å². The van der Waals surface area contributed by atoms with Crippen molar-refractivity contribution >= 4 is 0 Å². The Morgan fingerprint density at radius 2 is 2.05 bits per heavy atom. The molecule has 1 aromatic rings. The van der Waals surface area contributed by atoms with E-state index < -0.39 is 0 Å². The Balaban J connectivity index is 2.02. The van der Waals surface area contributed by atoms with Crippen molar-refractivity contribution in [2.75, 3.05) is 6.54 Å². The van der Waals surface area contributed by atoms with Crippen molar-refractivity contribution in [3.05, 3.63) is 35.1 Å². The highest BCUT2D eigenvalue weighted by Crippen LogP contribution is 2.23. The number of rotatable bonds is 3. The molecule has 0 radical (unpaired) electrons. The van der Waals surface area contributed by atoms with Crippen LogP contribution in [0, 0.1) is 17.7 Å². The third kappa shape index (κ3) is 4.82. The van der Waals surface area contributed by atoms with Crippen LogP contribution in [-0.2, 0) is 16.1 Å². The van der Waals surface area contributed by atoms with Crippen LogP contribution in [0.3, 0.4) is 0 Å². The zero-order valence-corrected chi connectivity index (χ0v) is 12.6. The normalized spacial score (nSPS) is 25.2. The number of hydrogen-bond donors (Lipinski definition) is 1. The maximum absolute atomic E-state index is 13.3. The van der Waals surface area contributed by atoms with Gasteiger partial charge >= 0.3 is 0 Å². The van der Waals surface area contributed by atoms with Crippen molar-refractivity contribution in [1.82, 2.24) is 0 Å². The Hall–Kier alpha value is -1.41. The van der Waals surface area contributed by atoms with E-state index in [4.69, 9.17) is 15.2 Å². The molecule has 2 rings (SSSR count). The second-order valence-corrected chi connectivity index (χ2v) is 5.47. The lowest BCUT2D eigenvalue weighted by atomic mass is 10.0. The second kappa shape index (κ2) is 7.56. The Morgan fingerprint density at radius 3 is 2.71 bits per heavy atom. The van der Waals surface area contributed by atoms with Gasteiger partial charge in [-0.05, 0) is 44.4 Å². The molecule has 0 amide bonds. The minimum absolute atomic E-state index is 0.170. The van der Waals surface area contributed by atoms with Gasteiger partial charge in [-0.25, -0.2) is 4.39 Å². The molecule has 4 heteroatoms. The maximum atomic E-state index is 13.3. The predicted octanol–water partition coefficient (Wildman–Crippen LogP) is 2.61. The Bertz CT molecular complexity index is 525. The van der Waals surface area contributed by atoms with E-state index in [2.05, 4.69) is 25.7 Å². The summed E-state index contributed by atoms with van der Waals surface area (Å²) in [5.41, 5.74) is 6.91. The lowest BCUT2D eigenvalue weighted by Gasteiger charge is -2.32. The first kappa shape index (κ1) is 16.0. The Morgan fingerprint density at radius 1 is 1.33 bits per heavy atom. The van der Waals surface area contributed by atoms with E-state index in [0.29, 0.717) is 12.2 Å². The Kier molecular flexibility index (Phi) is 5.75. The Labute approximate surface area is 125 Å². The first-order chi connectivity index (χ1) is 10.1. The molecule has 1 aliphatic rings. The summed E-state index contributed by atoms with van der Waals surface area (Å²) in [5, 5.41) is 0. The minimum Gasteiger partial charge on any atom is -0.375 e. The van der Waals surface area contributed by atoms with E-state index in [-0.39, 0.29) is 30.7 Å². The number of halogens is 1. The number of benzene rings is 1. The van der Waals surface area contributed by atoms with Crippen molar-refractivity contribution < 1.29 is 13.9 Å². The van der Waals surface area contributed by atoms with Gasteiger partial charge in [0.1, 0.15) is 5.82 Å². The van der Waals surface area contributed by atoms with Crippen LogP contribution in [0.5, 0.6) is 0 Å². The molecule has 1 aromatic carbocycles. The van der Waals surface area contributed by atoms with Crippen molar-refractivity contribution in [1.29, 1.82) is 0 Å². The molecule has 0 spiro atoms. The lowest BCUT2D eigenvalue weighted by Crippen LogP contribution is -2.34. The summed E-state index contributed by atoms with van der Waals surface area (Å²) in [6.45, 7) is 4.80. The topological polar surface area (TPSA) is 44.5 Å².